The van der Waals surface area contributed by atoms with E-state index in [2.05, 4.69) is 15.6 Å². The van der Waals surface area contributed by atoms with Crippen LogP contribution in [0.4, 0.5) is 4.39 Å². The number of sulfonamides is 1. The van der Waals surface area contributed by atoms with E-state index in [1.165, 1.54) is 12.1 Å². The molecule has 27 heavy (non-hydrogen) atoms. The highest BCUT2D eigenvalue weighted by Gasteiger charge is 2.23. The third-order valence-electron chi connectivity index (χ3n) is 3.92. The summed E-state index contributed by atoms with van der Waals surface area (Å²) in [6.45, 7) is 4.60. The fourth-order valence-corrected chi connectivity index (χ4v) is 5.04. The van der Waals surface area contributed by atoms with E-state index < -0.39 is 10.0 Å². The van der Waals surface area contributed by atoms with Crippen molar-refractivity contribution in [2.45, 2.75) is 13.3 Å². The van der Waals surface area contributed by atoms with Crippen LogP contribution in [-0.4, -0.2) is 68.7 Å². The molecule has 1 saturated heterocycles. The first kappa shape index (κ1) is 24.4. The third kappa shape index (κ3) is 8.97. The Morgan fingerprint density at radius 1 is 1.30 bits per heavy atom. The number of guanidine groups is 1. The lowest BCUT2D eigenvalue weighted by atomic mass is 10.1. The van der Waals surface area contributed by atoms with Crippen LogP contribution < -0.4 is 10.6 Å². The van der Waals surface area contributed by atoms with Crippen molar-refractivity contribution in [1.82, 2.24) is 14.9 Å². The first-order valence-corrected chi connectivity index (χ1v) is 11.6. The highest BCUT2D eigenvalue weighted by Crippen LogP contribution is 2.13. The fourth-order valence-electron chi connectivity index (χ4n) is 2.59. The molecule has 1 aliphatic rings. The Morgan fingerprint density at radius 2 is 2.04 bits per heavy atom. The Morgan fingerprint density at radius 3 is 2.70 bits per heavy atom. The lowest BCUT2D eigenvalue weighted by Crippen LogP contribution is -2.41. The van der Waals surface area contributed by atoms with E-state index >= 15 is 0 Å². The molecule has 0 radical (unpaired) electrons. The summed E-state index contributed by atoms with van der Waals surface area (Å²) < 4.78 is 39.4. The van der Waals surface area contributed by atoms with Crippen molar-refractivity contribution in [2.24, 2.45) is 4.99 Å². The first-order valence-electron chi connectivity index (χ1n) is 8.83. The summed E-state index contributed by atoms with van der Waals surface area (Å²) in [5, 5.41) is 6.26. The van der Waals surface area contributed by atoms with Crippen LogP contribution in [0, 0.1) is 5.82 Å². The second-order valence-electron chi connectivity index (χ2n) is 5.89. The van der Waals surface area contributed by atoms with E-state index in [9.17, 15) is 12.8 Å². The van der Waals surface area contributed by atoms with Crippen molar-refractivity contribution in [3.05, 3.63) is 35.6 Å². The molecular weight excluding hydrogens is 502 g/mol. The van der Waals surface area contributed by atoms with Gasteiger partial charge in [-0.15, -0.1) is 24.0 Å². The molecule has 154 valence electrons. The molecule has 0 aromatic heterocycles. The number of halogens is 2. The molecule has 0 unspecified atom stereocenters. The van der Waals surface area contributed by atoms with Crippen LogP contribution in [0.15, 0.2) is 29.3 Å². The molecule has 0 spiro atoms. The van der Waals surface area contributed by atoms with Crippen LogP contribution in [-0.2, 0) is 16.4 Å². The van der Waals surface area contributed by atoms with Crippen molar-refractivity contribution < 1.29 is 12.8 Å². The Kier molecular flexibility index (Phi) is 11.6. The van der Waals surface area contributed by atoms with Gasteiger partial charge in [-0.1, -0.05) is 12.1 Å². The molecule has 2 rings (SSSR count). The topological polar surface area (TPSA) is 73.8 Å². The molecule has 0 saturated carbocycles. The number of rotatable bonds is 8. The largest absolute Gasteiger partial charge is 0.357 e. The van der Waals surface area contributed by atoms with Gasteiger partial charge in [-0.25, -0.2) is 17.1 Å². The number of nitrogens with one attached hydrogen (secondary N) is 2. The predicted octanol–water partition coefficient (Wildman–Crippen LogP) is 1.92. The van der Waals surface area contributed by atoms with Crippen LogP contribution in [0.25, 0.3) is 0 Å². The van der Waals surface area contributed by atoms with Crippen LogP contribution in [0.5, 0.6) is 0 Å². The van der Waals surface area contributed by atoms with Gasteiger partial charge >= 0.3 is 0 Å². The zero-order valence-electron chi connectivity index (χ0n) is 15.5. The number of aliphatic imine (C=N–C) groups is 1. The smallest absolute Gasteiger partial charge is 0.215 e. The maximum absolute atomic E-state index is 13.2. The van der Waals surface area contributed by atoms with Gasteiger partial charge in [-0.05, 0) is 31.0 Å². The summed E-state index contributed by atoms with van der Waals surface area (Å²) >= 11 is 1.78. The van der Waals surface area contributed by atoms with Gasteiger partial charge in [-0.2, -0.15) is 11.8 Å². The van der Waals surface area contributed by atoms with E-state index in [1.54, 1.807) is 22.1 Å². The van der Waals surface area contributed by atoms with Crippen molar-refractivity contribution in [2.75, 3.05) is 50.0 Å². The van der Waals surface area contributed by atoms with E-state index in [-0.39, 0.29) is 42.1 Å². The van der Waals surface area contributed by atoms with Crippen LogP contribution >= 0.6 is 35.7 Å². The molecule has 0 atom stereocenters. The number of thioether (sulfide) groups is 1. The minimum absolute atomic E-state index is 0. The van der Waals surface area contributed by atoms with Crippen molar-refractivity contribution in [1.29, 1.82) is 0 Å². The highest BCUT2D eigenvalue weighted by atomic mass is 127. The van der Waals surface area contributed by atoms with E-state index in [0.29, 0.717) is 38.6 Å². The van der Waals surface area contributed by atoms with Crippen LogP contribution in [0.3, 0.4) is 0 Å². The zero-order chi connectivity index (χ0) is 18.8. The van der Waals surface area contributed by atoms with Crippen molar-refractivity contribution in [3.63, 3.8) is 0 Å². The second kappa shape index (κ2) is 12.8. The van der Waals surface area contributed by atoms with Gasteiger partial charge in [0, 0.05) is 37.7 Å². The van der Waals surface area contributed by atoms with Crippen molar-refractivity contribution >= 4 is 51.7 Å². The molecule has 1 fully saturated rings. The normalized spacial score (nSPS) is 15.9. The Bertz CT molecular complexity index is 698. The standard InChI is InChI=1S/C17H27FN4O2S2.HI/c1-2-19-17(20-7-6-15-4-3-5-16(18)14-15)21-8-13-26(23,24)22-9-11-25-12-10-22;/h3-5,14H,2,6-13H2,1H3,(H2,19,20,21);1H. The Hall–Kier alpha value is -0.590. The maximum Gasteiger partial charge on any atom is 0.215 e. The van der Waals surface area contributed by atoms with Crippen LogP contribution in [0.1, 0.15) is 12.5 Å². The molecule has 1 aromatic rings. The molecule has 1 aromatic carbocycles. The molecule has 10 heteroatoms. The SMILES string of the molecule is CCNC(=NCCS(=O)(=O)N1CCSCC1)NCCc1cccc(F)c1.I. The Labute approximate surface area is 182 Å². The maximum atomic E-state index is 13.2. The summed E-state index contributed by atoms with van der Waals surface area (Å²) in [6, 6.07) is 6.49. The molecular formula is C17H28FIN4O2S2. The summed E-state index contributed by atoms with van der Waals surface area (Å²) in [6.07, 6.45) is 0.659. The summed E-state index contributed by atoms with van der Waals surface area (Å²) in [7, 11) is -3.25. The minimum atomic E-state index is -3.25. The van der Waals surface area contributed by atoms with Gasteiger partial charge in [0.25, 0.3) is 0 Å². The quantitative estimate of drug-likeness (QED) is 0.305. The van der Waals surface area contributed by atoms with Gasteiger partial charge in [0.05, 0.1) is 12.3 Å². The molecule has 6 nitrogen and oxygen atoms in total. The predicted molar refractivity (Wildman–Crippen MR) is 122 cm³/mol. The molecule has 1 aliphatic heterocycles. The fraction of sp³-hybridized carbons (Fsp3) is 0.588. The minimum Gasteiger partial charge on any atom is -0.357 e. The molecule has 1 heterocycles. The molecule has 0 aliphatic carbocycles. The van der Waals surface area contributed by atoms with Gasteiger partial charge in [0.1, 0.15) is 5.82 Å². The van der Waals surface area contributed by atoms with Crippen molar-refractivity contribution in [3.8, 4) is 0 Å². The summed E-state index contributed by atoms with van der Waals surface area (Å²) in [4.78, 5) is 4.35. The average molecular weight is 530 g/mol. The van der Waals surface area contributed by atoms with E-state index in [4.69, 9.17) is 0 Å². The third-order valence-corrected chi connectivity index (χ3v) is 6.71. The monoisotopic (exact) mass is 530 g/mol. The van der Waals surface area contributed by atoms with E-state index in [1.807, 2.05) is 13.0 Å². The molecule has 0 bridgehead atoms. The second-order valence-corrected chi connectivity index (χ2v) is 9.21. The number of benzene rings is 1. The zero-order valence-corrected chi connectivity index (χ0v) is 19.5. The number of hydrogen-bond donors (Lipinski definition) is 2. The average Bonchev–Trinajstić information content (AvgIpc) is 2.62. The number of nitrogens with zero attached hydrogens (tertiary/aromatic N) is 2. The first-order chi connectivity index (χ1) is 12.5. The van der Waals surface area contributed by atoms with Crippen LogP contribution in [0.2, 0.25) is 0 Å². The lowest BCUT2D eigenvalue weighted by Gasteiger charge is -2.25. The summed E-state index contributed by atoms with van der Waals surface area (Å²) in [5.74, 6) is 2.05. The number of hydrogen-bond acceptors (Lipinski definition) is 4. The summed E-state index contributed by atoms with van der Waals surface area (Å²) in [5.41, 5.74) is 0.902. The Balaban J connectivity index is 0.00000364. The van der Waals surface area contributed by atoms with Gasteiger partial charge in [0.15, 0.2) is 5.96 Å². The van der Waals surface area contributed by atoms with Gasteiger partial charge in [0.2, 0.25) is 10.0 Å². The van der Waals surface area contributed by atoms with Gasteiger partial charge in [-0.3, -0.25) is 4.99 Å². The molecule has 0 amide bonds. The highest BCUT2D eigenvalue weighted by molar-refractivity contribution is 14.0. The van der Waals surface area contributed by atoms with E-state index in [0.717, 1.165) is 17.1 Å². The van der Waals surface area contributed by atoms with Gasteiger partial charge < -0.3 is 10.6 Å². The lowest BCUT2D eigenvalue weighted by molar-refractivity contribution is 0.444. The molecule has 2 N–H and O–H groups in total.